The third kappa shape index (κ3) is 2.23. The van der Waals surface area contributed by atoms with Crippen LogP contribution in [0.1, 0.15) is 15.9 Å². The van der Waals surface area contributed by atoms with E-state index < -0.39 is 4.92 Å². The highest BCUT2D eigenvalue weighted by Crippen LogP contribution is 2.33. The Labute approximate surface area is 119 Å². The molecular formula is C15H9NO5. The van der Waals surface area contributed by atoms with Gasteiger partial charge in [0.25, 0.3) is 5.69 Å². The molecule has 0 amide bonds. The number of hydrogen-bond acceptors (Lipinski definition) is 5. The fraction of sp³-hybridized carbons (Fsp3) is 0. The van der Waals surface area contributed by atoms with Crippen molar-refractivity contribution in [3.05, 3.63) is 69.5 Å². The number of aromatic hydroxyl groups is 1. The number of carbonyl (C=O) groups excluding carboxylic acids is 1. The molecular weight excluding hydrogens is 274 g/mol. The summed E-state index contributed by atoms with van der Waals surface area (Å²) in [7, 11) is 0. The standard InChI is InChI=1S/C15H9NO5/c17-10-5-6-12(16(19)20)9(7-10)8-14-15(18)11-3-1-2-4-13(11)21-14/h1-8,17H/b14-8-. The van der Waals surface area contributed by atoms with Crippen molar-refractivity contribution in [1.82, 2.24) is 0 Å². The number of nitrogens with zero attached hydrogens (tertiary/aromatic N) is 1. The van der Waals surface area contributed by atoms with Crippen LogP contribution >= 0.6 is 0 Å². The summed E-state index contributed by atoms with van der Waals surface area (Å²) in [5.74, 6) is -0.0693. The number of carbonyl (C=O) groups is 1. The van der Waals surface area contributed by atoms with Crippen LogP contribution in [0.3, 0.4) is 0 Å². The van der Waals surface area contributed by atoms with E-state index in [1.54, 1.807) is 24.3 Å². The van der Waals surface area contributed by atoms with Crippen molar-refractivity contribution in [3.63, 3.8) is 0 Å². The Kier molecular flexibility index (Phi) is 2.91. The molecule has 6 heteroatoms. The van der Waals surface area contributed by atoms with Crippen LogP contribution in [0, 0.1) is 10.1 Å². The van der Waals surface area contributed by atoms with Crippen LogP contribution in [0.2, 0.25) is 0 Å². The van der Waals surface area contributed by atoms with Gasteiger partial charge in [-0.25, -0.2) is 0 Å². The van der Waals surface area contributed by atoms with Crippen molar-refractivity contribution < 1.29 is 19.6 Å². The molecule has 104 valence electrons. The lowest BCUT2D eigenvalue weighted by molar-refractivity contribution is -0.385. The van der Waals surface area contributed by atoms with Gasteiger partial charge in [-0.3, -0.25) is 14.9 Å². The molecule has 0 saturated heterocycles. The van der Waals surface area contributed by atoms with E-state index in [-0.39, 0.29) is 28.5 Å². The van der Waals surface area contributed by atoms with Crippen LogP contribution in [0.4, 0.5) is 5.69 Å². The second-order valence-corrected chi connectivity index (χ2v) is 4.44. The molecule has 0 saturated carbocycles. The molecule has 1 aliphatic heterocycles. The molecule has 2 aromatic rings. The maximum absolute atomic E-state index is 12.1. The molecule has 0 aliphatic carbocycles. The van der Waals surface area contributed by atoms with E-state index in [1.807, 2.05) is 0 Å². The van der Waals surface area contributed by atoms with Gasteiger partial charge in [-0.1, -0.05) is 12.1 Å². The highest BCUT2D eigenvalue weighted by molar-refractivity contribution is 6.14. The molecule has 0 spiro atoms. The fourth-order valence-corrected chi connectivity index (χ4v) is 2.10. The van der Waals surface area contributed by atoms with Gasteiger partial charge in [-0.15, -0.1) is 0 Å². The summed E-state index contributed by atoms with van der Waals surface area (Å²) in [4.78, 5) is 22.5. The molecule has 2 aromatic carbocycles. The molecule has 1 N–H and O–H groups in total. The number of nitro benzene ring substituents is 1. The minimum atomic E-state index is -0.585. The van der Waals surface area contributed by atoms with Crippen LogP contribution in [0.15, 0.2) is 48.2 Å². The average Bonchev–Trinajstić information content (AvgIpc) is 2.76. The number of fused-ring (bicyclic) bond motifs is 1. The number of ether oxygens (including phenoxy) is 1. The summed E-state index contributed by atoms with van der Waals surface area (Å²) >= 11 is 0. The number of rotatable bonds is 2. The Morgan fingerprint density at radius 3 is 2.67 bits per heavy atom. The summed E-state index contributed by atoms with van der Waals surface area (Å²) in [6.07, 6.45) is 1.26. The predicted octanol–water partition coefficient (Wildman–Crippen LogP) is 2.92. The lowest BCUT2D eigenvalue weighted by Gasteiger charge is -2.01. The van der Waals surface area contributed by atoms with E-state index in [9.17, 15) is 20.0 Å². The molecule has 0 atom stereocenters. The number of phenols is 1. The van der Waals surface area contributed by atoms with E-state index in [1.165, 1.54) is 24.3 Å². The van der Waals surface area contributed by atoms with Crippen LogP contribution < -0.4 is 4.74 Å². The number of Topliss-reactive ketones (excluding diaryl/α,β-unsaturated/α-hetero) is 1. The van der Waals surface area contributed by atoms with Crippen LogP contribution in [0.25, 0.3) is 6.08 Å². The first-order chi connectivity index (χ1) is 10.1. The summed E-state index contributed by atoms with van der Waals surface area (Å²) in [6, 6.07) is 10.3. The number of phenolic OH excluding ortho intramolecular Hbond substituents is 1. The zero-order chi connectivity index (χ0) is 15.0. The normalized spacial score (nSPS) is 14.9. The predicted molar refractivity (Wildman–Crippen MR) is 74.1 cm³/mol. The summed E-state index contributed by atoms with van der Waals surface area (Å²) in [5, 5.41) is 20.4. The van der Waals surface area contributed by atoms with Gasteiger partial charge in [0.1, 0.15) is 11.5 Å². The maximum atomic E-state index is 12.1. The van der Waals surface area contributed by atoms with Crippen LogP contribution in [-0.2, 0) is 0 Å². The van der Waals surface area contributed by atoms with Gasteiger partial charge >= 0.3 is 0 Å². The van der Waals surface area contributed by atoms with Crippen LogP contribution in [0.5, 0.6) is 11.5 Å². The van der Waals surface area contributed by atoms with Crippen molar-refractivity contribution in [2.75, 3.05) is 0 Å². The van der Waals surface area contributed by atoms with E-state index in [0.717, 1.165) is 0 Å². The number of benzene rings is 2. The molecule has 0 fully saturated rings. The first-order valence-electron chi connectivity index (χ1n) is 6.07. The van der Waals surface area contributed by atoms with Gasteiger partial charge in [0.05, 0.1) is 16.1 Å². The van der Waals surface area contributed by atoms with Gasteiger partial charge in [-0.05, 0) is 30.3 Å². The lowest BCUT2D eigenvalue weighted by atomic mass is 10.1. The molecule has 3 rings (SSSR count). The Morgan fingerprint density at radius 2 is 1.95 bits per heavy atom. The minimum absolute atomic E-state index is 0.00935. The monoisotopic (exact) mass is 283 g/mol. The Bertz CT molecular complexity index is 794. The largest absolute Gasteiger partial charge is 0.508 e. The van der Waals surface area contributed by atoms with Crippen molar-refractivity contribution in [2.45, 2.75) is 0 Å². The summed E-state index contributed by atoms with van der Waals surface area (Å²) < 4.78 is 5.41. The average molecular weight is 283 g/mol. The molecule has 0 unspecified atom stereocenters. The first kappa shape index (κ1) is 12.9. The van der Waals surface area contributed by atoms with E-state index >= 15 is 0 Å². The number of allylic oxidation sites excluding steroid dienone is 1. The Hall–Kier alpha value is -3.15. The Balaban J connectivity index is 2.07. The van der Waals surface area contributed by atoms with Gasteiger partial charge in [0.15, 0.2) is 5.76 Å². The first-order valence-corrected chi connectivity index (χ1v) is 6.07. The van der Waals surface area contributed by atoms with Gasteiger partial charge in [-0.2, -0.15) is 0 Å². The molecule has 1 aliphatic rings. The minimum Gasteiger partial charge on any atom is -0.508 e. The molecule has 1 heterocycles. The van der Waals surface area contributed by atoms with Gasteiger partial charge < -0.3 is 9.84 Å². The highest BCUT2D eigenvalue weighted by atomic mass is 16.6. The smallest absolute Gasteiger partial charge is 0.276 e. The van der Waals surface area contributed by atoms with Crippen molar-refractivity contribution in [1.29, 1.82) is 0 Å². The molecule has 0 radical (unpaired) electrons. The second kappa shape index (κ2) is 4.75. The third-order valence-corrected chi connectivity index (χ3v) is 3.07. The number of nitro groups is 1. The summed E-state index contributed by atoms with van der Waals surface area (Å²) in [5.41, 5.74) is 0.301. The fourth-order valence-electron chi connectivity index (χ4n) is 2.10. The number of ketones is 1. The van der Waals surface area contributed by atoms with E-state index in [0.29, 0.717) is 11.3 Å². The topological polar surface area (TPSA) is 89.7 Å². The van der Waals surface area contributed by atoms with Crippen molar-refractivity contribution in [2.24, 2.45) is 0 Å². The molecule has 6 nitrogen and oxygen atoms in total. The molecule has 21 heavy (non-hydrogen) atoms. The summed E-state index contributed by atoms with van der Waals surface area (Å²) in [6.45, 7) is 0. The number of hydrogen-bond donors (Lipinski definition) is 1. The van der Waals surface area contributed by atoms with Crippen LogP contribution in [-0.4, -0.2) is 15.8 Å². The maximum Gasteiger partial charge on any atom is 0.276 e. The zero-order valence-electron chi connectivity index (χ0n) is 10.6. The van der Waals surface area contributed by atoms with Crippen molar-refractivity contribution in [3.8, 4) is 11.5 Å². The molecule has 0 aromatic heterocycles. The van der Waals surface area contributed by atoms with Crippen molar-refractivity contribution >= 4 is 17.5 Å². The quantitative estimate of drug-likeness (QED) is 0.520. The third-order valence-electron chi connectivity index (χ3n) is 3.07. The zero-order valence-corrected chi connectivity index (χ0v) is 10.6. The van der Waals surface area contributed by atoms with Gasteiger partial charge in [0.2, 0.25) is 5.78 Å². The SMILES string of the molecule is O=C1/C(=C/c2cc(O)ccc2[N+](=O)[O-])Oc2ccccc21. The Morgan fingerprint density at radius 1 is 1.19 bits per heavy atom. The second-order valence-electron chi connectivity index (χ2n) is 4.44. The van der Waals surface area contributed by atoms with Gasteiger partial charge in [0, 0.05) is 6.07 Å². The molecule has 0 bridgehead atoms. The van der Waals surface area contributed by atoms with E-state index in [2.05, 4.69) is 0 Å². The number of para-hydroxylation sites is 1. The van der Waals surface area contributed by atoms with E-state index in [4.69, 9.17) is 4.74 Å². The highest BCUT2D eigenvalue weighted by Gasteiger charge is 2.27. The lowest BCUT2D eigenvalue weighted by Crippen LogP contribution is -1.99.